The zero-order valence-electron chi connectivity index (χ0n) is 19.5. The Bertz CT molecular complexity index is 1390. The van der Waals surface area contributed by atoms with Gasteiger partial charge in [-0.2, -0.15) is 13.2 Å². The lowest BCUT2D eigenvalue weighted by Gasteiger charge is -2.14. The summed E-state index contributed by atoms with van der Waals surface area (Å²) in [5.41, 5.74) is -1.92. The van der Waals surface area contributed by atoms with Crippen molar-refractivity contribution < 1.29 is 32.3 Å². The van der Waals surface area contributed by atoms with Crippen molar-refractivity contribution in [3.63, 3.8) is 0 Å². The summed E-state index contributed by atoms with van der Waals surface area (Å²) in [5, 5.41) is 8.04. The molecule has 38 heavy (non-hydrogen) atoms. The second-order valence-electron chi connectivity index (χ2n) is 8.37. The predicted molar refractivity (Wildman–Crippen MR) is 138 cm³/mol. The molecule has 14 heteroatoms. The minimum Gasteiger partial charge on any atom is -0.378 e. The standard InChI is InChI=1S/C24H19Cl2F3N4O4S/c1-37-11-17-18(19(34)31-16-10-12(24(27,28)29)2-7-15(16)26)38-22(32-17)33-21(36)23(8-9-23)20(35)30-14-5-3-13(25)4-6-14/h2-7,10H,8-9,11H2,1H3,(H,30,35)(H,31,34)(H,32,33,36). The van der Waals surface area contributed by atoms with Gasteiger partial charge >= 0.3 is 6.18 Å². The Morgan fingerprint density at radius 1 is 1.03 bits per heavy atom. The number of anilines is 3. The SMILES string of the molecule is COCc1nc(NC(=O)C2(C(=O)Nc3ccc(Cl)cc3)CC2)sc1C(=O)Nc1cc(C(F)(F)F)ccc1Cl. The number of alkyl halides is 3. The Kier molecular flexibility index (Phi) is 7.98. The van der Waals surface area contributed by atoms with Gasteiger partial charge in [0.2, 0.25) is 11.8 Å². The molecule has 4 rings (SSSR count). The summed E-state index contributed by atoms with van der Waals surface area (Å²) < 4.78 is 44.3. The summed E-state index contributed by atoms with van der Waals surface area (Å²) in [6.07, 6.45) is -4.00. The van der Waals surface area contributed by atoms with Gasteiger partial charge in [-0.05, 0) is 55.3 Å². The van der Waals surface area contributed by atoms with Crippen LogP contribution in [-0.2, 0) is 27.1 Å². The first kappa shape index (κ1) is 27.8. The van der Waals surface area contributed by atoms with E-state index in [4.69, 9.17) is 27.9 Å². The number of halogens is 5. The number of carbonyl (C=O) groups is 3. The number of rotatable bonds is 8. The summed E-state index contributed by atoms with van der Waals surface area (Å²) in [5.74, 6) is -1.89. The highest BCUT2D eigenvalue weighted by atomic mass is 35.5. The fraction of sp³-hybridized carbons (Fsp3) is 0.250. The molecule has 1 aliphatic carbocycles. The number of hydrogen-bond donors (Lipinski definition) is 3. The van der Waals surface area contributed by atoms with Crippen molar-refractivity contribution in [2.45, 2.75) is 25.6 Å². The van der Waals surface area contributed by atoms with Gasteiger partial charge in [0.05, 0.1) is 28.6 Å². The zero-order valence-corrected chi connectivity index (χ0v) is 21.9. The van der Waals surface area contributed by atoms with Crippen LogP contribution < -0.4 is 16.0 Å². The molecule has 1 heterocycles. The number of nitrogens with one attached hydrogen (secondary N) is 3. The summed E-state index contributed by atoms with van der Waals surface area (Å²) >= 11 is 12.6. The van der Waals surface area contributed by atoms with Gasteiger partial charge in [-0.15, -0.1) is 0 Å². The van der Waals surface area contributed by atoms with E-state index in [2.05, 4.69) is 20.9 Å². The first-order chi connectivity index (χ1) is 17.9. The van der Waals surface area contributed by atoms with E-state index in [1.54, 1.807) is 24.3 Å². The van der Waals surface area contributed by atoms with Crippen LogP contribution in [0.2, 0.25) is 10.0 Å². The van der Waals surface area contributed by atoms with Crippen LogP contribution >= 0.6 is 34.5 Å². The fourth-order valence-corrected chi connectivity index (χ4v) is 4.63. The third-order valence-electron chi connectivity index (χ3n) is 5.67. The Morgan fingerprint density at radius 3 is 2.29 bits per heavy atom. The lowest BCUT2D eigenvalue weighted by Crippen LogP contribution is -2.35. The van der Waals surface area contributed by atoms with Crippen molar-refractivity contribution in [3.8, 4) is 0 Å². The molecule has 0 spiro atoms. The summed E-state index contributed by atoms with van der Waals surface area (Å²) in [7, 11) is 1.36. The Balaban J connectivity index is 1.50. The second-order valence-corrected chi connectivity index (χ2v) is 10.2. The summed E-state index contributed by atoms with van der Waals surface area (Å²) in [6.45, 7) is -0.117. The van der Waals surface area contributed by atoms with Crippen molar-refractivity contribution in [2.24, 2.45) is 5.41 Å². The lowest BCUT2D eigenvalue weighted by atomic mass is 10.1. The van der Waals surface area contributed by atoms with Crippen molar-refractivity contribution in [2.75, 3.05) is 23.1 Å². The van der Waals surface area contributed by atoms with Crippen LogP contribution in [0.4, 0.5) is 29.7 Å². The van der Waals surface area contributed by atoms with Crippen LogP contribution in [0.25, 0.3) is 0 Å². The van der Waals surface area contributed by atoms with E-state index in [0.717, 1.165) is 29.5 Å². The number of carbonyl (C=O) groups excluding carboxylic acids is 3. The van der Waals surface area contributed by atoms with Crippen LogP contribution in [0.3, 0.4) is 0 Å². The molecule has 0 aliphatic heterocycles. The molecule has 1 saturated carbocycles. The molecule has 3 aromatic rings. The predicted octanol–water partition coefficient (Wildman–Crippen LogP) is 6.22. The van der Waals surface area contributed by atoms with Gasteiger partial charge in [0.1, 0.15) is 10.3 Å². The second kappa shape index (κ2) is 10.9. The number of amides is 3. The van der Waals surface area contributed by atoms with Crippen LogP contribution in [0.15, 0.2) is 42.5 Å². The molecule has 0 saturated heterocycles. The third-order valence-corrected chi connectivity index (χ3v) is 7.26. The Morgan fingerprint density at radius 2 is 1.68 bits per heavy atom. The molecule has 0 bridgehead atoms. The molecular formula is C24H19Cl2F3N4O4S. The maximum Gasteiger partial charge on any atom is 0.416 e. The van der Waals surface area contributed by atoms with Crippen LogP contribution in [-0.4, -0.2) is 29.8 Å². The highest BCUT2D eigenvalue weighted by molar-refractivity contribution is 7.17. The Hall–Kier alpha value is -3.19. The molecule has 3 N–H and O–H groups in total. The zero-order chi connectivity index (χ0) is 27.7. The number of benzene rings is 2. The normalized spacial score (nSPS) is 14.1. The van der Waals surface area contributed by atoms with Gasteiger partial charge in [0, 0.05) is 17.8 Å². The summed E-state index contributed by atoms with van der Waals surface area (Å²) in [6, 6.07) is 8.95. The minimum atomic E-state index is -4.63. The molecule has 1 fully saturated rings. The molecule has 2 aromatic carbocycles. The van der Waals surface area contributed by atoms with Gasteiger partial charge in [-0.3, -0.25) is 14.4 Å². The largest absolute Gasteiger partial charge is 0.416 e. The number of aromatic nitrogens is 1. The van der Waals surface area contributed by atoms with Crippen molar-refractivity contribution in [1.29, 1.82) is 0 Å². The monoisotopic (exact) mass is 586 g/mol. The van der Waals surface area contributed by atoms with Crippen molar-refractivity contribution in [3.05, 3.63) is 68.6 Å². The van der Waals surface area contributed by atoms with E-state index in [-0.39, 0.29) is 33.0 Å². The number of nitrogens with zero attached hydrogens (tertiary/aromatic N) is 1. The topological polar surface area (TPSA) is 109 Å². The maximum atomic E-state index is 13.1. The average molecular weight is 587 g/mol. The maximum absolute atomic E-state index is 13.1. The molecule has 0 radical (unpaired) electrons. The number of hydrogen-bond acceptors (Lipinski definition) is 6. The van der Waals surface area contributed by atoms with Gasteiger partial charge < -0.3 is 20.7 Å². The lowest BCUT2D eigenvalue weighted by molar-refractivity contribution is -0.137. The minimum absolute atomic E-state index is 0.00825. The molecule has 3 amide bonds. The van der Waals surface area contributed by atoms with Gasteiger partial charge in [-0.25, -0.2) is 4.98 Å². The first-order valence-corrected chi connectivity index (χ1v) is 12.6. The Labute approximate surface area is 228 Å². The van der Waals surface area contributed by atoms with E-state index in [9.17, 15) is 27.6 Å². The fourth-order valence-electron chi connectivity index (χ4n) is 3.48. The van der Waals surface area contributed by atoms with Gasteiger partial charge in [-0.1, -0.05) is 34.5 Å². The molecule has 1 aliphatic rings. The number of ether oxygens (including phenoxy) is 1. The van der Waals surface area contributed by atoms with Crippen molar-refractivity contribution >= 4 is 68.8 Å². The van der Waals surface area contributed by atoms with E-state index < -0.39 is 34.9 Å². The molecular weight excluding hydrogens is 568 g/mol. The quantitative estimate of drug-likeness (QED) is 0.271. The number of thiazole rings is 1. The molecule has 1 aromatic heterocycles. The molecule has 0 unspecified atom stereocenters. The third kappa shape index (κ3) is 6.09. The van der Waals surface area contributed by atoms with E-state index in [1.165, 1.54) is 7.11 Å². The van der Waals surface area contributed by atoms with Gasteiger partial charge in [0.25, 0.3) is 5.91 Å². The molecule has 0 atom stereocenters. The van der Waals surface area contributed by atoms with Crippen LogP contribution in [0, 0.1) is 5.41 Å². The van der Waals surface area contributed by atoms with Crippen LogP contribution in [0.5, 0.6) is 0 Å². The smallest absolute Gasteiger partial charge is 0.378 e. The van der Waals surface area contributed by atoms with E-state index in [1.807, 2.05) is 0 Å². The molecule has 8 nitrogen and oxygen atoms in total. The molecule has 200 valence electrons. The number of methoxy groups -OCH3 is 1. The van der Waals surface area contributed by atoms with Crippen molar-refractivity contribution in [1.82, 2.24) is 4.98 Å². The van der Waals surface area contributed by atoms with E-state index in [0.29, 0.717) is 23.6 Å². The first-order valence-electron chi connectivity index (χ1n) is 11.0. The highest BCUT2D eigenvalue weighted by Crippen LogP contribution is 2.48. The summed E-state index contributed by atoms with van der Waals surface area (Å²) in [4.78, 5) is 43.0. The average Bonchev–Trinajstić information content (AvgIpc) is 3.58. The van der Waals surface area contributed by atoms with Gasteiger partial charge in [0.15, 0.2) is 5.13 Å². The highest BCUT2D eigenvalue weighted by Gasteiger charge is 2.56. The van der Waals surface area contributed by atoms with E-state index >= 15 is 0 Å². The van der Waals surface area contributed by atoms with Crippen LogP contribution in [0.1, 0.15) is 33.8 Å².